The van der Waals surface area contributed by atoms with Gasteiger partial charge in [-0.25, -0.2) is 19.4 Å². The second kappa shape index (κ2) is 9.96. The van der Waals surface area contributed by atoms with Crippen LogP contribution in [0.5, 0.6) is 5.75 Å². The Bertz CT molecular complexity index is 629. The summed E-state index contributed by atoms with van der Waals surface area (Å²) in [7, 11) is 0. The van der Waals surface area contributed by atoms with Crippen molar-refractivity contribution in [1.29, 1.82) is 0 Å². The molecule has 0 aliphatic rings. The molecule has 0 saturated heterocycles. The van der Waals surface area contributed by atoms with Crippen molar-refractivity contribution >= 4 is 18.2 Å². The van der Waals surface area contributed by atoms with Crippen molar-refractivity contribution in [2.45, 2.75) is 39.4 Å². The van der Waals surface area contributed by atoms with Crippen molar-refractivity contribution in [2.75, 3.05) is 6.61 Å². The van der Waals surface area contributed by atoms with Gasteiger partial charge in [-0.05, 0) is 32.9 Å². The first-order chi connectivity index (χ1) is 11.8. The van der Waals surface area contributed by atoms with E-state index >= 15 is 0 Å². The van der Waals surface area contributed by atoms with Crippen LogP contribution in [0.1, 0.15) is 37.7 Å². The molecule has 136 valence electrons. The normalized spacial score (nSPS) is 12.0. The number of aromatic hydroxyl groups is 1. The molecule has 1 unspecified atom stereocenters. The highest BCUT2D eigenvalue weighted by Crippen LogP contribution is 2.08. The number of aromatic nitrogens is 1. The summed E-state index contributed by atoms with van der Waals surface area (Å²) < 4.78 is 14.5. The molecule has 0 aliphatic carbocycles. The molecule has 0 aromatic carbocycles. The minimum absolute atomic E-state index is 0.0254. The van der Waals surface area contributed by atoms with Crippen molar-refractivity contribution in [2.24, 2.45) is 10.2 Å². The van der Waals surface area contributed by atoms with Crippen molar-refractivity contribution < 1.29 is 33.7 Å². The molecule has 1 aromatic rings. The number of carbonyl (C=O) groups is 3. The van der Waals surface area contributed by atoms with Crippen LogP contribution in [0.25, 0.3) is 0 Å². The Morgan fingerprint density at radius 1 is 1.12 bits per heavy atom. The summed E-state index contributed by atoms with van der Waals surface area (Å²) in [5.41, 5.74) is 0.0416. The molecule has 0 bridgehead atoms. The molecule has 0 aliphatic heterocycles. The standard InChI is InChI=1S/C15H19N3O7/c1-9(2)24-14(21)17-18-15(22)25-10(3)6-7-23-13(20)12-5-4-11(19)8-16-12/h4-5,8-10,19H,6-7H2,1-3H3/b18-17+. The van der Waals surface area contributed by atoms with E-state index in [9.17, 15) is 14.4 Å². The smallest absolute Gasteiger partial charge is 0.452 e. The summed E-state index contributed by atoms with van der Waals surface area (Å²) in [6.07, 6.45) is -1.71. The molecule has 25 heavy (non-hydrogen) atoms. The fourth-order valence-corrected chi connectivity index (χ4v) is 1.46. The zero-order valence-corrected chi connectivity index (χ0v) is 14.0. The van der Waals surface area contributed by atoms with Gasteiger partial charge < -0.3 is 19.3 Å². The molecule has 10 heteroatoms. The molecule has 10 nitrogen and oxygen atoms in total. The van der Waals surface area contributed by atoms with Gasteiger partial charge in [0.15, 0.2) is 0 Å². The summed E-state index contributed by atoms with van der Waals surface area (Å²) in [6.45, 7) is 4.79. The van der Waals surface area contributed by atoms with Gasteiger partial charge in [0.05, 0.1) is 18.9 Å². The second-order valence-corrected chi connectivity index (χ2v) is 5.15. The van der Waals surface area contributed by atoms with E-state index in [2.05, 4.69) is 19.9 Å². The molecule has 1 aromatic heterocycles. The minimum Gasteiger partial charge on any atom is -0.506 e. The zero-order chi connectivity index (χ0) is 18.8. The van der Waals surface area contributed by atoms with Gasteiger partial charge in [-0.1, -0.05) is 10.2 Å². The maximum atomic E-state index is 11.7. The average Bonchev–Trinajstić information content (AvgIpc) is 2.52. The maximum Gasteiger partial charge on any atom is 0.452 e. The Morgan fingerprint density at radius 3 is 2.32 bits per heavy atom. The van der Waals surface area contributed by atoms with Gasteiger partial charge in [-0.15, -0.1) is 0 Å². The molecule has 2 amide bonds. The Hall–Kier alpha value is -3.04. The largest absolute Gasteiger partial charge is 0.506 e. The number of carbonyl (C=O) groups excluding carboxylic acids is 3. The SMILES string of the molecule is CC(C)OC(=O)/N=N/C(=O)OC(C)CCOC(=O)c1ccc(O)cn1. The number of esters is 1. The molecular formula is C15H19N3O7. The first kappa shape index (κ1) is 20.0. The van der Waals surface area contributed by atoms with Gasteiger partial charge in [0.1, 0.15) is 17.5 Å². The van der Waals surface area contributed by atoms with E-state index in [1.165, 1.54) is 12.1 Å². The summed E-state index contributed by atoms with van der Waals surface area (Å²) in [5, 5.41) is 15.2. The predicted molar refractivity (Wildman–Crippen MR) is 83.2 cm³/mol. The van der Waals surface area contributed by atoms with Crippen LogP contribution in [-0.4, -0.2) is 47.1 Å². The Morgan fingerprint density at radius 2 is 1.76 bits per heavy atom. The minimum atomic E-state index is -1.06. The molecule has 1 N–H and O–H groups in total. The highest BCUT2D eigenvalue weighted by atomic mass is 16.6. The Balaban J connectivity index is 2.30. The average molecular weight is 353 g/mol. The van der Waals surface area contributed by atoms with Crippen LogP contribution >= 0.6 is 0 Å². The van der Waals surface area contributed by atoms with E-state index in [0.717, 1.165) is 6.20 Å². The molecule has 0 spiro atoms. The van der Waals surface area contributed by atoms with Crippen LogP contribution in [0, 0.1) is 0 Å². The number of ether oxygens (including phenoxy) is 3. The fraction of sp³-hybridized carbons (Fsp3) is 0.467. The third-order valence-electron chi connectivity index (χ3n) is 2.57. The second-order valence-electron chi connectivity index (χ2n) is 5.15. The van der Waals surface area contributed by atoms with Gasteiger partial charge in [-0.3, -0.25) is 0 Å². The van der Waals surface area contributed by atoms with E-state index in [1.807, 2.05) is 0 Å². The number of hydrogen-bond acceptors (Lipinski definition) is 8. The van der Waals surface area contributed by atoms with Gasteiger partial charge in [0, 0.05) is 6.42 Å². The predicted octanol–water partition coefficient (Wildman–Crippen LogP) is 2.86. The summed E-state index contributed by atoms with van der Waals surface area (Å²) >= 11 is 0. The third-order valence-corrected chi connectivity index (χ3v) is 2.57. The molecule has 1 heterocycles. The number of azo groups is 1. The summed E-state index contributed by atoms with van der Waals surface area (Å²) in [5.74, 6) is -0.738. The summed E-state index contributed by atoms with van der Waals surface area (Å²) in [6, 6.07) is 2.63. The van der Waals surface area contributed by atoms with Gasteiger partial charge in [-0.2, -0.15) is 0 Å². The molecule has 0 fully saturated rings. The van der Waals surface area contributed by atoms with Crippen molar-refractivity contribution in [3.05, 3.63) is 24.0 Å². The van der Waals surface area contributed by atoms with Crippen molar-refractivity contribution in [3.8, 4) is 5.75 Å². The zero-order valence-electron chi connectivity index (χ0n) is 14.0. The van der Waals surface area contributed by atoms with E-state index in [-0.39, 0.29) is 30.6 Å². The molecule has 1 atom stereocenters. The van der Waals surface area contributed by atoms with Crippen LogP contribution < -0.4 is 0 Å². The van der Waals surface area contributed by atoms with Gasteiger partial charge in [0.25, 0.3) is 0 Å². The lowest BCUT2D eigenvalue weighted by Crippen LogP contribution is -2.17. The highest BCUT2D eigenvalue weighted by molar-refractivity contribution is 5.87. The van der Waals surface area contributed by atoms with Gasteiger partial charge in [0.2, 0.25) is 0 Å². The maximum absolute atomic E-state index is 11.7. The van der Waals surface area contributed by atoms with Crippen LogP contribution in [0.15, 0.2) is 28.6 Å². The Kier molecular flexibility index (Phi) is 7.97. The third kappa shape index (κ3) is 8.39. The van der Waals surface area contributed by atoms with Crippen LogP contribution in [0.2, 0.25) is 0 Å². The molecule has 0 saturated carbocycles. The lowest BCUT2D eigenvalue weighted by Gasteiger charge is -2.11. The van der Waals surface area contributed by atoms with Crippen LogP contribution in [-0.2, 0) is 14.2 Å². The topological polar surface area (TPSA) is 137 Å². The summed E-state index contributed by atoms with van der Waals surface area (Å²) in [4.78, 5) is 37.8. The van der Waals surface area contributed by atoms with Crippen LogP contribution in [0.4, 0.5) is 9.59 Å². The van der Waals surface area contributed by atoms with Crippen molar-refractivity contribution in [1.82, 2.24) is 4.98 Å². The number of amides is 2. The lowest BCUT2D eigenvalue weighted by atomic mass is 10.3. The molecular weight excluding hydrogens is 334 g/mol. The fourth-order valence-electron chi connectivity index (χ4n) is 1.46. The molecule has 1 rings (SSSR count). The first-order valence-corrected chi connectivity index (χ1v) is 7.43. The van der Waals surface area contributed by atoms with Crippen molar-refractivity contribution in [3.63, 3.8) is 0 Å². The number of hydrogen-bond donors (Lipinski definition) is 1. The number of pyridine rings is 1. The Labute approximate surface area is 143 Å². The monoisotopic (exact) mass is 353 g/mol. The quantitative estimate of drug-likeness (QED) is 0.468. The van der Waals surface area contributed by atoms with Gasteiger partial charge >= 0.3 is 18.2 Å². The van der Waals surface area contributed by atoms with E-state index in [4.69, 9.17) is 14.6 Å². The van der Waals surface area contributed by atoms with E-state index in [0.29, 0.717) is 0 Å². The molecule has 0 radical (unpaired) electrons. The highest BCUT2D eigenvalue weighted by Gasteiger charge is 2.13. The van der Waals surface area contributed by atoms with E-state index < -0.39 is 24.3 Å². The lowest BCUT2D eigenvalue weighted by molar-refractivity contribution is 0.0415. The van der Waals surface area contributed by atoms with E-state index in [1.54, 1.807) is 20.8 Å². The number of rotatable bonds is 6. The van der Waals surface area contributed by atoms with Crippen LogP contribution in [0.3, 0.4) is 0 Å². The first-order valence-electron chi connectivity index (χ1n) is 7.43. The number of nitrogens with zero attached hydrogens (tertiary/aromatic N) is 3.